The maximum atomic E-state index is 11.7. The summed E-state index contributed by atoms with van der Waals surface area (Å²) in [5.41, 5.74) is 1.76. The van der Waals surface area contributed by atoms with Gasteiger partial charge in [0.1, 0.15) is 0 Å². The molecule has 18 heavy (non-hydrogen) atoms. The van der Waals surface area contributed by atoms with Crippen molar-refractivity contribution in [1.82, 2.24) is 4.40 Å². The van der Waals surface area contributed by atoms with Gasteiger partial charge in [-0.2, -0.15) is 0 Å². The van der Waals surface area contributed by atoms with Gasteiger partial charge in [0.15, 0.2) is 0 Å². The van der Waals surface area contributed by atoms with Crippen LogP contribution >= 0.6 is 0 Å². The lowest BCUT2D eigenvalue weighted by atomic mass is 10.2. The van der Waals surface area contributed by atoms with Gasteiger partial charge in [0.25, 0.3) is 5.69 Å². The van der Waals surface area contributed by atoms with Gasteiger partial charge in [-0.25, -0.2) is 4.79 Å². The molecule has 0 aromatic carbocycles. The predicted octanol–water partition coefficient (Wildman–Crippen LogP) is 2.33. The zero-order chi connectivity index (χ0) is 13.3. The van der Waals surface area contributed by atoms with E-state index in [0.29, 0.717) is 17.7 Å². The summed E-state index contributed by atoms with van der Waals surface area (Å²) < 4.78 is 6.56. The van der Waals surface area contributed by atoms with Gasteiger partial charge in [0.05, 0.1) is 28.8 Å². The molecule has 0 amide bonds. The Morgan fingerprint density at radius 1 is 1.50 bits per heavy atom. The van der Waals surface area contributed by atoms with Crippen molar-refractivity contribution >= 4 is 17.2 Å². The largest absolute Gasteiger partial charge is 0.462 e. The highest BCUT2D eigenvalue weighted by molar-refractivity contribution is 5.97. The number of esters is 1. The molecule has 0 bridgehead atoms. The van der Waals surface area contributed by atoms with Crippen molar-refractivity contribution in [3.05, 3.63) is 45.8 Å². The van der Waals surface area contributed by atoms with Crippen LogP contribution in [-0.4, -0.2) is 21.9 Å². The first kappa shape index (κ1) is 12.1. The molecule has 94 valence electrons. The highest BCUT2D eigenvalue weighted by Gasteiger charge is 2.16. The molecule has 0 aliphatic carbocycles. The Bertz CT molecular complexity index is 630. The minimum atomic E-state index is -0.469. The molecular formula is C12H12N2O4. The van der Waals surface area contributed by atoms with Crippen LogP contribution in [-0.2, 0) is 4.74 Å². The minimum absolute atomic E-state index is 0.0170. The van der Waals surface area contributed by atoms with Gasteiger partial charge in [0, 0.05) is 11.8 Å². The maximum Gasteiger partial charge on any atom is 0.340 e. The summed E-state index contributed by atoms with van der Waals surface area (Å²) in [5.74, 6) is -0.419. The fourth-order valence-corrected chi connectivity index (χ4v) is 1.83. The first-order valence-electron chi connectivity index (χ1n) is 5.47. The number of fused-ring (bicyclic) bond motifs is 1. The second kappa shape index (κ2) is 4.48. The Morgan fingerprint density at radius 3 is 2.83 bits per heavy atom. The molecule has 0 atom stereocenters. The van der Waals surface area contributed by atoms with Crippen molar-refractivity contribution in [3.63, 3.8) is 0 Å². The molecule has 6 heteroatoms. The highest BCUT2D eigenvalue weighted by atomic mass is 16.6. The number of nitro groups is 1. The average molecular weight is 248 g/mol. The molecule has 0 unspecified atom stereocenters. The van der Waals surface area contributed by atoms with E-state index in [4.69, 9.17) is 4.74 Å². The normalized spacial score (nSPS) is 10.6. The molecule has 6 nitrogen and oxygen atoms in total. The fraction of sp³-hybridized carbons (Fsp3) is 0.250. The van der Waals surface area contributed by atoms with Crippen LogP contribution in [0.2, 0.25) is 0 Å². The van der Waals surface area contributed by atoms with Crippen LogP contribution in [0.25, 0.3) is 5.52 Å². The molecule has 0 saturated heterocycles. The quantitative estimate of drug-likeness (QED) is 0.474. The van der Waals surface area contributed by atoms with Crippen molar-refractivity contribution in [2.45, 2.75) is 13.8 Å². The topological polar surface area (TPSA) is 73.8 Å². The van der Waals surface area contributed by atoms with Crippen LogP contribution in [0.3, 0.4) is 0 Å². The number of pyridine rings is 1. The smallest absolute Gasteiger partial charge is 0.340 e. The van der Waals surface area contributed by atoms with Crippen LogP contribution < -0.4 is 0 Å². The molecular weight excluding hydrogens is 236 g/mol. The lowest BCUT2D eigenvalue weighted by Crippen LogP contribution is -2.04. The molecule has 2 aromatic heterocycles. The lowest BCUT2D eigenvalue weighted by molar-refractivity contribution is -0.385. The molecule has 0 aliphatic rings. The van der Waals surface area contributed by atoms with Crippen molar-refractivity contribution < 1.29 is 14.5 Å². The molecule has 0 spiro atoms. The Morgan fingerprint density at radius 2 is 2.22 bits per heavy atom. The summed E-state index contributed by atoms with van der Waals surface area (Å²) >= 11 is 0. The summed E-state index contributed by atoms with van der Waals surface area (Å²) in [6.45, 7) is 3.80. The standard InChI is InChI=1S/C12H12N2O4/c1-3-18-12(15)10-6-8(2)13-7-9(14(16)17)4-5-11(10)13/h4-7H,3H2,1-2H3. The minimum Gasteiger partial charge on any atom is -0.462 e. The first-order chi connectivity index (χ1) is 8.54. The van der Waals surface area contributed by atoms with Gasteiger partial charge >= 0.3 is 5.97 Å². The number of ether oxygens (including phenoxy) is 1. The van der Waals surface area contributed by atoms with Gasteiger partial charge in [-0.1, -0.05) is 0 Å². The number of hydrogen-bond acceptors (Lipinski definition) is 4. The van der Waals surface area contributed by atoms with Crippen LogP contribution in [0, 0.1) is 17.0 Å². The van der Waals surface area contributed by atoms with E-state index in [9.17, 15) is 14.9 Å². The molecule has 2 aromatic rings. The van der Waals surface area contributed by atoms with E-state index in [0.717, 1.165) is 5.69 Å². The van der Waals surface area contributed by atoms with Crippen molar-refractivity contribution in [1.29, 1.82) is 0 Å². The Balaban J connectivity index is 2.59. The van der Waals surface area contributed by atoms with Gasteiger partial charge in [-0.15, -0.1) is 0 Å². The third-order valence-electron chi connectivity index (χ3n) is 2.65. The van der Waals surface area contributed by atoms with Crippen LogP contribution in [0.1, 0.15) is 23.0 Å². The van der Waals surface area contributed by atoms with Crippen LogP contribution in [0.15, 0.2) is 24.4 Å². The molecule has 0 fully saturated rings. The number of aromatic nitrogens is 1. The highest BCUT2D eigenvalue weighted by Crippen LogP contribution is 2.21. The SMILES string of the molecule is CCOC(=O)c1cc(C)n2cc([N+](=O)[O-])ccc12. The van der Waals surface area contributed by atoms with Gasteiger partial charge < -0.3 is 9.14 Å². The summed E-state index contributed by atoms with van der Waals surface area (Å²) in [7, 11) is 0. The first-order valence-corrected chi connectivity index (χ1v) is 5.47. The zero-order valence-electron chi connectivity index (χ0n) is 10.0. The number of carbonyl (C=O) groups is 1. The van der Waals surface area contributed by atoms with E-state index < -0.39 is 10.9 Å². The summed E-state index contributed by atoms with van der Waals surface area (Å²) in [5, 5.41) is 10.7. The summed E-state index contributed by atoms with van der Waals surface area (Å²) in [4.78, 5) is 22.0. The third-order valence-corrected chi connectivity index (χ3v) is 2.65. The monoisotopic (exact) mass is 248 g/mol. The van der Waals surface area contributed by atoms with E-state index >= 15 is 0 Å². The Kier molecular flexibility index (Phi) is 3.01. The van der Waals surface area contributed by atoms with Crippen molar-refractivity contribution in [2.75, 3.05) is 6.61 Å². The number of aryl methyl sites for hydroxylation is 1. The zero-order valence-corrected chi connectivity index (χ0v) is 10.0. The van der Waals surface area contributed by atoms with E-state index in [1.807, 2.05) is 0 Å². The molecule has 0 N–H and O–H groups in total. The summed E-state index contributed by atoms with van der Waals surface area (Å²) in [6.07, 6.45) is 1.40. The number of nitrogens with zero attached hydrogens (tertiary/aromatic N) is 2. The van der Waals surface area contributed by atoms with Crippen molar-refractivity contribution in [2.24, 2.45) is 0 Å². The molecule has 2 rings (SSSR count). The van der Waals surface area contributed by atoms with E-state index in [1.54, 1.807) is 30.4 Å². The predicted molar refractivity (Wildman–Crippen MR) is 64.7 cm³/mol. The Hall–Kier alpha value is -2.37. The summed E-state index contributed by atoms with van der Waals surface area (Å²) in [6, 6.07) is 4.59. The Labute approximate surface area is 103 Å². The fourth-order valence-electron chi connectivity index (χ4n) is 1.83. The van der Waals surface area contributed by atoms with Crippen molar-refractivity contribution in [3.8, 4) is 0 Å². The molecule has 0 aliphatic heterocycles. The van der Waals surface area contributed by atoms with Crippen LogP contribution in [0.4, 0.5) is 5.69 Å². The molecule has 0 radical (unpaired) electrons. The van der Waals surface area contributed by atoms with Gasteiger partial charge in [-0.05, 0) is 26.0 Å². The molecule has 0 saturated carbocycles. The van der Waals surface area contributed by atoms with Gasteiger partial charge in [0.2, 0.25) is 0 Å². The number of rotatable bonds is 3. The van der Waals surface area contributed by atoms with E-state index in [2.05, 4.69) is 0 Å². The lowest BCUT2D eigenvalue weighted by Gasteiger charge is -2.01. The second-order valence-corrected chi connectivity index (χ2v) is 3.82. The number of carbonyl (C=O) groups excluding carboxylic acids is 1. The van der Waals surface area contributed by atoms with Gasteiger partial charge in [-0.3, -0.25) is 10.1 Å². The average Bonchev–Trinajstić information content (AvgIpc) is 2.67. The third kappa shape index (κ3) is 1.92. The second-order valence-electron chi connectivity index (χ2n) is 3.82. The molecule has 2 heterocycles. The maximum absolute atomic E-state index is 11.7. The van der Waals surface area contributed by atoms with Crippen LogP contribution in [0.5, 0.6) is 0 Å². The number of hydrogen-bond donors (Lipinski definition) is 0. The van der Waals surface area contributed by atoms with E-state index in [1.165, 1.54) is 12.3 Å². The van der Waals surface area contributed by atoms with E-state index in [-0.39, 0.29) is 5.69 Å².